The smallest absolute Gasteiger partial charge is 0.146 e. The Morgan fingerprint density at radius 3 is 2.44 bits per heavy atom. The molecular weight excluding hydrogens is 268 g/mol. The fraction of sp³-hybridized carbons (Fsp3) is 0. The topological polar surface area (TPSA) is 37.9 Å². The van der Waals surface area contributed by atoms with Crippen LogP contribution in [0.1, 0.15) is 11.3 Å². The van der Waals surface area contributed by atoms with Gasteiger partial charge in [0.2, 0.25) is 0 Å². The Morgan fingerprint density at radius 1 is 1.00 bits per heavy atom. The van der Waals surface area contributed by atoms with E-state index in [-0.39, 0.29) is 0 Å². The van der Waals surface area contributed by atoms with Crippen LogP contribution >= 0.6 is 15.9 Å². The molecule has 2 rings (SSSR count). The monoisotopic (exact) mass is 276 g/mol. The van der Waals surface area contributed by atoms with Crippen LogP contribution in [-0.2, 0) is 0 Å². The van der Waals surface area contributed by atoms with Gasteiger partial charge in [-0.25, -0.2) is 0 Å². The third kappa shape index (κ3) is 3.17. The molecule has 2 aromatic rings. The van der Waals surface area contributed by atoms with Crippen molar-refractivity contribution in [1.29, 1.82) is 0 Å². The molecule has 0 aliphatic heterocycles. The van der Waals surface area contributed by atoms with Crippen molar-refractivity contribution >= 4 is 28.4 Å². The first-order valence-electron chi connectivity index (χ1n) is 4.70. The lowest BCUT2D eigenvalue weighted by molar-refractivity contribution is 0.560. The molecule has 0 radical (unpaired) electrons. The summed E-state index contributed by atoms with van der Waals surface area (Å²) in [4.78, 5) is 0. The van der Waals surface area contributed by atoms with Gasteiger partial charge in [0.15, 0.2) is 0 Å². The van der Waals surface area contributed by atoms with E-state index in [1.165, 1.54) is 0 Å². The van der Waals surface area contributed by atoms with Gasteiger partial charge in [0.05, 0.1) is 18.7 Å². The Morgan fingerprint density at radius 2 is 1.75 bits per heavy atom. The Hall–Kier alpha value is -1.68. The van der Waals surface area contributed by atoms with E-state index in [0.717, 1.165) is 10.0 Å². The van der Waals surface area contributed by atoms with E-state index in [4.69, 9.17) is 4.42 Å². The van der Waals surface area contributed by atoms with Crippen LogP contribution in [0, 0.1) is 0 Å². The number of hydrogen-bond acceptors (Lipinski definition) is 3. The van der Waals surface area contributed by atoms with Crippen LogP contribution in [0.4, 0.5) is 0 Å². The fourth-order valence-electron chi connectivity index (χ4n) is 1.10. The molecule has 0 fully saturated rings. The van der Waals surface area contributed by atoms with Crippen molar-refractivity contribution in [3.8, 4) is 0 Å². The Bertz CT molecular complexity index is 486. The predicted molar refractivity (Wildman–Crippen MR) is 68.0 cm³/mol. The van der Waals surface area contributed by atoms with Gasteiger partial charge in [-0.05, 0) is 29.8 Å². The normalized spacial score (nSPS) is 11.6. The van der Waals surface area contributed by atoms with Gasteiger partial charge in [-0.2, -0.15) is 10.2 Å². The molecule has 0 bridgehead atoms. The second-order valence-corrected chi connectivity index (χ2v) is 3.97. The average molecular weight is 277 g/mol. The molecule has 0 saturated heterocycles. The van der Waals surface area contributed by atoms with Gasteiger partial charge in [0, 0.05) is 4.47 Å². The lowest BCUT2D eigenvalue weighted by Gasteiger charge is -1.90. The van der Waals surface area contributed by atoms with Crippen LogP contribution in [0.15, 0.2) is 61.8 Å². The molecular formula is C12H9BrN2O. The van der Waals surface area contributed by atoms with Crippen molar-refractivity contribution in [3.63, 3.8) is 0 Å². The van der Waals surface area contributed by atoms with Gasteiger partial charge < -0.3 is 4.42 Å². The van der Waals surface area contributed by atoms with Crippen LogP contribution in [0.25, 0.3) is 0 Å². The first-order chi connectivity index (χ1) is 7.84. The molecule has 0 aliphatic carbocycles. The van der Waals surface area contributed by atoms with Crippen LogP contribution in [0.5, 0.6) is 0 Å². The van der Waals surface area contributed by atoms with Crippen LogP contribution in [-0.4, -0.2) is 12.4 Å². The minimum absolute atomic E-state index is 0.688. The van der Waals surface area contributed by atoms with Gasteiger partial charge in [-0.15, -0.1) is 0 Å². The zero-order valence-corrected chi connectivity index (χ0v) is 9.96. The summed E-state index contributed by atoms with van der Waals surface area (Å²) in [5.74, 6) is 0.688. The average Bonchev–Trinajstić information content (AvgIpc) is 2.80. The molecule has 0 unspecified atom stereocenters. The van der Waals surface area contributed by atoms with Crippen molar-refractivity contribution < 1.29 is 4.42 Å². The van der Waals surface area contributed by atoms with Crippen LogP contribution < -0.4 is 0 Å². The molecule has 1 aromatic carbocycles. The maximum atomic E-state index is 5.07. The summed E-state index contributed by atoms with van der Waals surface area (Å²) in [5.41, 5.74) is 1.000. The number of nitrogens with zero attached hydrogens (tertiary/aromatic N) is 2. The predicted octanol–water partition coefficient (Wildman–Crippen LogP) is 3.50. The van der Waals surface area contributed by atoms with E-state index in [0.29, 0.717) is 5.76 Å². The molecule has 4 heteroatoms. The van der Waals surface area contributed by atoms with Gasteiger partial charge >= 0.3 is 0 Å². The minimum atomic E-state index is 0.688. The Labute approximate surface area is 102 Å². The fourth-order valence-corrected chi connectivity index (χ4v) is 1.37. The van der Waals surface area contributed by atoms with Gasteiger partial charge in [-0.3, -0.25) is 0 Å². The number of furan rings is 1. The van der Waals surface area contributed by atoms with Crippen molar-refractivity contribution in [3.05, 3.63) is 58.5 Å². The SMILES string of the molecule is Brc1ccc(C=NN=Cc2ccco2)cc1. The maximum absolute atomic E-state index is 5.07. The molecule has 16 heavy (non-hydrogen) atoms. The first kappa shape index (κ1) is 10.8. The lowest BCUT2D eigenvalue weighted by atomic mass is 10.2. The molecule has 80 valence electrons. The highest BCUT2D eigenvalue weighted by molar-refractivity contribution is 9.10. The van der Waals surface area contributed by atoms with E-state index in [9.17, 15) is 0 Å². The molecule has 0 atom stereocenters. The second kappa shape index (κ2) is 5.42. The summed E-state index contributed by atoms with van der Waals surface area (Å²) in [6.45, 7) is 0. The Balaban J connectivity index is 1.97. The van der Waals surface area contributed by atoms with Gasteiger partial charge in [0.1, 0.15) is 5.76 Å². The number of hydrogen-bond donors (Lipinski definition) is 0. The summed E-state index contributed by atoms with van der Waals surface area (Å²) < 4.78 is 6.12. The molecule has 1 aromatic heterocycles. The largest absolute Gasteiger partial charge is 0.463 e. The lowest BCUT2D eigenvalue weighted by Crippen LogP contribution is -1.79. The Kier molecular flexibility index (Phi) is 3.66. The zero-order valence-electron chi connectivity index (χ0n) is 8.38. The standard InChI is InChI=1S/C12H9BrN2O/c13-11-5-3-10(4-6-11)8-14-15-9-12-2-1-7-16-12/h1-9H. The van der Waals surface area contributed by atoms with E-state index < -0.39 is 0 Å². The summed E-state index contributed by atoms with van der Waals surface area (Å²) in [6, 6.07) is 11.4. The summed E-state index contributed by atoms with van der Waals surface area (Å²) in [7, 11) is 0. The second-order valence-electron chi connectivity index (χ2n) is 3.06. The van der Waals surface area contributed by atoms with Crippen molar-refractivity contribution in [2.24, 2.45) is 10.2 Å². The molecule has 0 saturated carbocycles. The highest BCUT2D eigenvalue weighted by atomic mass is 79.9. The van der Waals surface area contributed by atoms with Crippen molar-refractivity contribution in [2.75, 3.05) is 0 Å². The number of rotatable bonds is 3. The number of benzene rings is 1. The third-order valence-electron chi connectivity index (χ3n) is 1.87. The van der Waals surface area contributed by atoms with E-state index in [1.54, 1.807) is 24.8 Å². The maximum Gasteiger partial charge on any atom is 0.146 e. The molecule has 3 nitrogen and oxygen atoms in total. The molecule has 1 heterocycles. The molecule has 0 amide bonds. The highest BCUT2D eigenvalue weighted by Crippen LogP contribution is 2.09. The van der Waals surface area contributed by atoms with E-state index in [2.05, 4.69) is 26.1 Å². The first-order valence-corrected chi connectivity index (χ1v) is 5.49. The summed E-state index contributed by atoms with van der Waals surface area (Å²) >= 11 is 3.37. The van der Waals surface area contributed by atoms with Crippen LogP contribution in [0.2, 0.25) is 0 Å². The minimum Gasteiger partial charge on any atom is -0.463 e. The van der Waals surface area contributed by atoms with Crippen LogP contribution in [0.3, 0.4) is 0 Å². The van der Waals surface area contributed by atoms with Gasteiger partial charge in [0.25, 0.3) is 0 Å². The molecule has 0 aliphatic rings. The molecule has 0 N–H and O–H groups in total. The van der Waals surface area contributed by atoms with Crippen molar-refractivity contribution in [2.45, 2.75) is 0 Å². The van der Waals surface area contributed by atoms with Crippen molar-refractivity contribution in [1.82, 2.24) is 0 Å². The van der Waals surface area contributed by atoms with Gasteiger partial charge in [-0.1, -0.05) is 28.1 Å². The number of halogens is 1. The van der Waals surface area contributed by atoms with E-state index in [1.807, 2.05) is 30.3 Å². The summed E-state index contributed by atoms with van der Waals surface area (Å²) in [5, 5.41) is 7.79. The quantitative estimate of drug-likeness (QED) is 0.625. The summed E-state index contributed by atoms with van der Waals surface area (Å²) in [6.07, 6.45) is 4.85. The highest BCUT2D eigenvalue weighted by Gasteiger charge is 1.88. The molecule has 0 spiro atoms. The van der Waals surface area contributed by atoms with E-state index >= 15 is 0 Å². The third-order valence-corrected chi connectivity index (χ3v) is 2.40. The zero-order chi connectivity index (χ0) is 11.2.